The van der Waals surface area contributed by atoms with Crippen LogP contribution in [0.5, 0.6) is 0 Å². The summed E-state index contributed by atoms with van der Waals surface area (Å²) in [4.78, 5) is 8.78. The number of aliphatic imine (C=N–C) groups is 1. The van der Waals surface area contributed by atoms with Crippen molar-refractivity contribution in [3.63, 3.8) is 0 Å². The van der Waals surface area contributed by atoms with E-state index < -0.39 is 0 Å². The van der Waals surface area contributed by atoms with Crippen LogP contribution in [0.15, 0.2) is 22.5 Å². The molecule has 0 spiro atoms. The molecule has 7 nitrogen and oxygen atoms in total. The van der Waals surface area contributed by atoms with Gasteiger partial charge in [0.1, 0.15) is 12.4 Å². The Bertz CT molecular complexity index is 758. The second-order valence-corrected chi connectivity index (χ2v) is 9.29. The minimum absolute atomic E-state index is 0.465. The van der Waals surface area contributed by atoms with E-state index in [1.807, 2.05) is 18.5 Å². The predicted molar refractivity (Wildman–Crippen MR) is 120 cm³/mol. The second kappa shape index (κ2) is 10.7. The van der Waals surface area contributed by atoms with Crippen molar-refractivity contribution in [1.29, 1.82) is 0 Å². The lowest BCUT2D eigenvalue weighted by atomic mass is 10.0. The Hall–Kier alpha value is -1.93. The molecule has 1 saturated heterocycles. The Morgan fingerprint density at radius 2 is 2.10 bits per heavy atom. The van der Waals surface area contributed by atoms with Gasteiger partial charge in [-0.3, -0.25) is 0 Å². The van der Waals surface area contributed by atoms with E-state index in [1.165, 1.54) is 11.4 Å². The van der Waals surface area contributed by atoms with Crippen LogP contribution in [0.2, 0.25) is 0 Å². The van der Waals surface area contributed by atoms with Crippen molar-refractivity contribution in [3.05, 3.63) is 34.0 Å². The molecule has 1 aliphatic rings. The van der Waals surface area contributed by atoms with Gasteiger partial charge in [-0.05, 0) is 43.6 Å². The summed E-state index contributed by atoms with van der Waals surface area (Å²) in [7, 11) is 1.99. The van der Waals surface area contributed by atoms with Gasteiger partial charge in [0, 0.05) is 44.1 Å². The molecule has 0 amide bonds. The molecule has 2 aromatic rings. The first-order valence-electron chi connectivity index (χ1n) is 10.7. The Morgan fingerprint density at radius 3 is 2.72 bits per heavy atom. The maximum absolute atomic E-state index is 4.81. The third-order valence-corrected chi connectivity index (χ3v) is 6.29. The molecule has 0 saturated carbocycles. The summed E-state index contributed by atoms with van der Waals surface area (Å²) in [5.41, 5.74) is 0. The summed E-state index contributed by atoms with van der Waals surface area (Å²) >= 11 is 1.80. The largest absolute Gasteiger partial charge is 0.356 e. The molecule has 160 valence electrons. The molecule has 8 heteroatoms. The van der Waals surface area contributed by atoms with E-state index in [-0.39, 0.29) is 0 Å². The molecular formula is C21H35N7S. The fourth-order valence-corrected chi connectivity index (χ4v) is 4.33. The molecule has 0 atom stereocenters. The maximum atomic E-state index is 4.81. The summed E-state index contributed by atoms with van der Waals surface area (Å²) in [6.45, 7) is 11.4. The first-order chi connectivity index (χ1) is 14.0. The van der Waals surface area contributed by atoms with E-state index in [0.29, 0.717) is 12.6 Å². The van der Waals surface area contributed by atoms with Gasteiger partial charge in [-0.1, -0.05) is 19.9 Å². The Kier molecular flexibility index (Phi) is 8.06. The number of guanidine groups is 1. The monoisotopic (exact) mass is 417 g/mol. The lowest BCUT2D eigenvalue weighted by molar-refractivity contribution is 0.187. The van der Waals surface area contributed by atoms with Gasteiger partial charge in [0.25, 0.3) is 0 Å². The molecule has 3 heterocycles. The van der Waals surface area contributed by atoms with Crippen LogP contribution in [0.4, 0.5) is 0 Å². The van der Waals surface area contributed by atoms with E-state index >= 15 is 0 Å². The van der Waals surface area contributed by atoms with Crippen molar-refractivity contribution < 1.29 is 0 Å². The van der Waals surface area contributed by atoms with Crippen molar-refractivity contribution in [2.24, 2.45) is 18.0 Å². The van der Waals surface area contributed by atoms with Crippen LogP contribution in [0.1, 0.15) is 43.2 Å². The van der Waals surface area contributed by atoms with Crippen molar-refractivity contribution in [3.8, 4) is 0 Å². The molecule has 2 aromatic heterocycles. The lowest BCUT2D eigenvalue weighted by Crippen LogP contribution is -2.49. The Labute approximate surface area is 178 Å². The predicted octanol–water partition coefficient (Wildman–Crippen LogP) is 2.58. The molecule has 0 aliphatic carbocycles. The number of hydrogen-bond donors (Lipinski definition) is 2. The number of likely N-dealkylation sites (tertiary alicyclic amines) is 1. The number of thiophene rings is 1. The van der Waals surface area contributed by atoms with E-state index in [2.05, 4.69) is 57.1 Å². The van der Waals surface area contributed by atoms with Crippen LogP contribution in [0.25, 0.3) is 0 Å². The van der Waals surface area contributed by atoms with E-state index in [9.17, 15) is 0 Å². The van der Waals surface area contributed by atoms with Gasteiger partial charge in [0.05, 0.1) is 0 Å². The molecule has 3 rings (SSSR count). The molecule has 29 heavy (non-hydrogen) atoms. The highest BCUT2D eigenvalue weighted by molar-refractivity contribution is 7.09. The zero-order chi connectivity index (χ0) is 20.6. The number of rotatable bonds is 8. The number of nitrogens with one attached hydrogen (secondary N) is 2. The highest BCUT2D eigenvalue weighted by atomic mass is 32.1. The highest BCUT2D eigenvalue weighted by Crippen LogP contribution is 2.12. The normalized spacial score (nSPS) is 16.5. The van der Waals surface area contributed by atoms with E-state index in [4.69, 9.17) is 4.99 Å². The van der Waals surface area contributed by atoms with Gasteiger partial charge < -0.3 is 20.1 Å². The highest BCUT2D eigenvalue weighted by Gasteiger charge is 2.20. The fraction of sp³-hybridized carbons (Fsp3) is 0.667. The van der Waals surface area contributed by atoms with Crippen molar-refractivity contribution >= 4 is 17.3 Å². The first kappa shape index (κ1) is 21.8. The summed E-state index contributed by atoms with van der Waals surface area (Å²) < 4.78 is 2.00. The summed E-state index contributed by atoms with van der Waals surface area (Å²) in [6, 6.07) is 4.76. The topological polar surface area (TPSA) is 70.4 Å². The molecule has 0 unspecified atom stereocenters. The summed E-state index contributed by atoms with van der Waals surface area (Å²) in [6.07, 6.45) is 3.32. The zero-order valence-corrected chi connectivity index (χ0v) is 19.0. The Morgan fingerprint density at radius 1 is 1.31 bits per heavy atom. The smallest absolute Gasteiger partial charge is 0.191 e. The molecule has 1 fully saturated rings. The van der Waals surface area contributed by atoms with Gasteiger partial charge in [-0.15, -0.1) is 21.5 Å². The maximum Gasteiger partial charge on any atom is 0.191 e. The summed E-state index contributed by atoms with van der Waals surface area (Å²) in [5.74, 6) is 3.40. The van der Waals surface area contributed by atoms with Crippen LogP contribution >= 0.6 is 11.3 Å². The van der Waals surface area contributed by atoms with Gasteiger partial charge >= 0.3 is 0 Å². The van der Waals surface area contributed by atoms with Crippen LogP contribution in [-0.2, 0) is 20.0 Å². The number of hydrogen-bond acceptors (Lipinski definition) is 5. The third-order valence-electron chi connectivity index (χ3n) is 5.36. The quantitative estimate of drug-likeness (QED) is 0.510. The minimum atomic E-state index is 0.465. The fourth-order valence-electron chi connectivity index (χ4n) is 3.62. The molecule has 2 N–H and O–H groups in total. The molecule has 1 aliphatic heterocycles. The number of aryl methyl sites for hydroxylation is 1. The van der Waals surface area contributed by atoms with Gasteiger partial charge in [0.2, 0.25) is 0 Å². The van der Waals surface area contributed by atoms with Crippen LogP contribution in [0.3, 0.4) is 0 Å². The minimum Gasteiger partial charge on any atom is -0.356 e. The van der Waals surface area contributed by atoms with E-state index in [0.717, 1.165) is 62.4 Å². The van der Waals surface area contributed by atoms with Crippen LogP contribution < -0.4 is 10.6 Å². The van der Waals surface area contributed by atoms with E-state index in [1.54, 1.807) is 11.3 Å². The van der Waals surface area contributed by atoms with Crippen molar-refractivity contribution in [2.45, 2.75) is 52.6 Å². The zero-order valence-electron chi connectivity index (χ0n) is 18.2. The first-order valence-corrected chi connectivity index (χ1v) is 11.5. The molecular weight excluding hydrogens is 382 g/mol. The molecule has 0 aromatic carbocycles. The van der Waals surface area contributed by atoms with Crippen LogP contribution in [-0.4, -0.2) is 57.8 Å². The van der Waals surface area contributed by atoms with Gasteiger partial charge in [-0.2, -0.15) is 0 Å². The average molecular weight is 418 g/mol. The standard InChI is InChI=1S/C21H35N7S/c1-16(2)15-28-11-8-18(9-12-28)24-21(22-10-7-19-6-5-13-29-19)23-14-20-26-25-17(3)27(20)4/h5-6,13,16,18H,7-12,14-15H2,1-4H3,(H2,22,23,24). The number of aromatic nitrogens is 3. The van der Waals surface area contributed by atoms with Gasteiger partial charge in [0.15, 0.2) is 11.8 Å². The number of piperidine rings is 1. The Balaban J connectivity index is 1.56. The van der Waals surface area contributed by atoms with Crippen molar-refractivity contribution in [2.75, 3.05) is 26.2 Å². The van der Waals surface area contributed by atoms with Crippen LogP contribution in [0, 0.1) is 12.8 Å². The summed E-state index contributed by atoms with van der Waals surface area (Å²) in [5, 5.41) is 17.7. The SMILES string of the molecule is Cc1nnc(CN=C(NCCc2cccs2)NC2CCN(CC(C)C)CC2)n1C. The lowest BCUT2D eigenvalue weighted by Gasteiger charge is -2.34. The number of nitrogens with zero attached hydrogens (tertiary/aromatic N) is 5. The molecule has 0 bridgehead atoms. The van der Waals surface area contributed by atoms with Crippen molar-refractivity contribution in [1.82, 2.24) is 30.3 Å². The van der Waals surface area contributed by atoms with Gasteiger partial charge in [-0.25, -0.2) is 4.99 Å². The molecule has 0 radical (unpaired) electrons. The average Bonchev–Trinajstić information content (AvgIpc) is 3.32. The third kappa shape index (κ3) is 6.82. The second-order valence-electron chi connectivity index (χ2n) is 8.26.